The molecule has 1 aromatic carbocycles. The average molecular weight is 247 g/mol. The zero-order valence-electron chi connectivity index (χ0n) is 10.4. The molecule has 18 heavy (non-hydrogen) atoms. The van der Waals surface area contributed by atoms with Crippen molar-refractivity contribution < 1.29 is 14.7 Å². The molecule has 2 rings (SSSR count). The molecule has 0 saturated carbocycles. The summed E-state index contributed by atoms with van der Waals surface area (Å²) >= 11 is 0. The first-order valence-corrected chi connectivity index (χ1v) is 6.11. The predicted octanol–water partition coefficient (Wildman–Crippen LogP) is 1.55. The zero-order valence-corrected chi connectivity index (χ0v) is 10.4. The van der Waals surface area contributed by atoms with Crippen molar-refractivity contribution in [3.05, 3.63) is 35.9 Å². The van der Waals surface area contributed by atoms with Crippen molar-refractivity contribution in [2.75, 3.05) is 6.54 Å². The highest BCUT2D eigenvalue weighted by Gasteiger charge is 2.36. The molecule has 1 aliphatic heterocycles. The third-order valence-corrected chi connectivity index (χ3v) is 3.45. The highest BCUT2D eigenvalue weighted by Crippen LogP contribution is 2.21. The Balaban J connectivity index is 2.08. The number of carbonyl (C=O) groups excluding carboxylic acids is 1. The Labute approximate surface area is 106 Å². The van der Waals surface area contributed by atoms with E-state index in [1.165, 1.54) is 0 Å². The topological polar surface area (TPSA) is 57.6 Å². The molecule has 0 aromatic heterocycles. The Morgan fingerprint density at radius 1 is 1.39 bits per heavy atom. The van der Waals surface area contributed by atoms with Crippen LogP contribution in [0.15, 0.2) is 30.3 Å². The molecule has 1 fully saturated rings. The first-order valence-electron chi connectivity index (χ1n) is 6.11. The van der Waals surface area contributed by atoms with Crippen molar-refractivity contribution in [2.24, 2.45) is 5.92 Å². The SMILES string of the molecule is C[C@@H]1CC(=O)C(C(=O)O)CN1Cc1ccccc1. The maximum Gasteiger partial charge on any atom is 0.315 e. The van der Waals surface area contributed by atoms with Crippen LogP contribution in [0.2, 0.25) is 0 Å². The number of carboxylic acids is 1. The summed E-state index contributed by atoms with van der Waals surface area (Å²) in [6.45, 7) is 2.97. The average Bonchev–Trinajstić information content (AvgIpc) is 2.33. The first kappa shape index (κ1) is 12.8. The summed E-state index contributed by atoms with van der Waals surface area (Å²) in [4.78, 5) is 24.7. The number of Topliss-reactive ketones (excluding diaryl/α,β-unsaturated/α-hetero) is 1. The van der Waals surface area contributed by atoms with Gasteiger partial charge in [-0.25, -0.2) is 0 Å². The van der Waals surface area contributed by atoms with Crippen molar-refractivity contribution in [1.29, 1.82) is 0 Å². The highest BCUT2D eigenvalue weighted by molar-refractivity contribution is 5.99. The summed E-state index contributed by atoms with van der Waals surface area (Å²) in [5, 5.41) is 9.03. The Morgan fingerprint density at radius 2 is 2.06 bits per heavy atom. The Hall–Kier alpha value is -1.68. The second kappa shape index (κ2) is 5.31. The van der Waals surface area contributed by atoms with E-state index in [4.69, 9.17) is 5.11 Å². The van der Waals surface area contributed by atoms with Gasteiger partial charge in [-0.1, -0.05) is 30.3 Å². The molecule has 1 saturated heterocycles. The van der Waals surface area contributed by atoms with E-state index in [1.54, 1.807) is 0 Å². The largest absolute Gasteiger partial charge is 0.481 e. The molecule has 0 bridgehead atoms. The van der Waals surface area contributed by atoms with Crippen LogP contribution in [0.3, 0.4) is 0 Å². The fourth-order valence-corrected chi connectivity index (χ4v) is 2.33. The van der Waals surface area contributed by atoms with Crippen molar-refractivity contribution in [2.45, 2.75) is 25.9 Å². The quantitative estimate of drug-likeness (QED) is 0.823. The van der Waals surface area contributed by atoms with Crippen LogP contribution in [0.4, 0.5) is 0 Å². The predicted molar refractivity (Wildman–Crippen MR) is 67.1 cm³/mol. The monoisotopic (exact) mass is 247 g/mol. The fourth-order valence-electron chi connectivity index (χ4n) is 2.33. The second-order valence-electron chi connectivity index (χ2n) is 4.83. The number of carbonyl (C=O) groups is 2. The van der Waals surface area contributed by atoms with Crippen LogP contribution in [0.5, 0.6) is 0 Å². The number of benzene rings is 1. The van der Waals surface area contributed by atoms with Crippen molar-refractivity contribution >= 4 is 11.8 Å². The van der Waals surface area contributed by atoms with Crippen LogP contribution in [0, 0.1) is 5.92 Å². The molecule has 2 atom stereocenters. The molecule has 1 heterocycles. The molecule has 96 valence electrons. The summed E-state index contributed by atoms with van der Waals surface area (Å²) in [6, 6.07) is 10.0. The number of carboxylic acid groups (broad SMARTS) is 1. The van der Waals surface area contributed by atoms with Crippen LogP contribution in [-0.2, 0) is 16.1 Å². The summed E-state index contributed by atoms with van der Waals surface area (Å²) in [6.07, 6.45) is 0.323. The molecular formula is C14H17NO3. The lowest BCUT2D eigenvalue weighted by atomic mass is 9.91. The molecule has 4 nitrogen and oxygen atoms in total. The number of hydrogen-bond acceptors (Lipinski definition) is 3. The minimum Gasteiger partial charge on any atom is -0.481 e. The van der Waals surface area contributed by atoms with E-state index in [-0.39, 0.29) is 11.8 Å². The first-order chi connectivity index (χ1) is 8.58. The molecule has 4 heteroatoms. The molecule has 1 aromatic rings. The van der Waals surface area contributed by atoms with Crippen molar-refractivity contribution in [1.82, 2.24) is 4.90 Å². The molecular weight excluding hydrogens is 230 g/mol. The van der Waals surface area contributed by atoms with Gasteiger partial charge in [0.1, 0.15) is 11.7 Å². The van der Waals surface area contributed by atoms with E-state index in [0.29, 0.717) is 19.5 Å². The smallest absolute Gasteiger partial charge is 0.315 e. The van der Waals surface area contributed by atoms with E-state index >= 15 is 0 Å². The number of rotatable bonds is 3. The fraction of sp³-hybridized carbons (Fsp3) is 0.429. The lowest BCUT2D eigenvalue weighted by Crippen LogP contribution is -2.48. The van der Waals surface area contributed by atoms with Gasteiger partial charge in [0.15, 0.2) is 0 Å². The normalized spacial score (nSPS) is 25.1. The molecule has 0 aliphatic carbocycles. The number of nitrogens with zero attached hydrogens (tertiary/aromatic N) is 1. The van der Waals surface area contributed by atoms with Crippen LogP contribution in [-0.4, -0.2) is 34.3 Å². The van der Waals surface area contributed by atoms with E-state index in [0.717, 1.165) is 5.56 Å². The van der Waals surface area contributed by atoms with Crippen LogP contribution in [0.1, 0.15) is 18.9 Å². The minimum absolute atomic E-state index is 0.105. The van der Waals surface area contributed by atoms with Gasteiger partial charge >= 0.3 is 5.97 Å². The van der Waals surface area contributed by atoms with Crippen molar-refractivity contribution in [3.8, 4) is 0 Å². The van der Waals surface area contributed by atoms with E-state index in [2.05, 4.69) is 4.90 Å². The highest BCUT2D eigenvalue weighted by atomic mass is 16.4. The summed E-state index contributed by atoms with van der Waals surface area (Å²) in [5.41, 5.74) is 1.14. The van der Waals surface area contributed by atoms with Gasteiger partial charge in [-0.2, -0.15) is 0 Å². The van der Waals surface area contributed by atoms with Crippen LogP contribution in [0.25, 0.3) is 0 Å². The van der Waals surface area contributed by atoms with Gasteiger partial charge in [0.05, 0.1) is 0 Å². The van der Waals surface area contributed by atoms with Gasteiger partial charge in [-0.15, -0.1) is 0 Å². The lowest BCUT2D eigenvalue weighted by molar-refractivity contribution is -0.150. The third kappa shape index (κ3) is 2.76. The van der Waals surface area contributed by atoms with E-state index in [1.807, 2.05) is 37.3 Å². The molecule has 1 unspecified atom stereocenters. The molecule has 0 radical (unpaired) electrons. The van der Waals surface area contributed by atoms with Gasteiger partial charge in [-0.3, -0.25) is 14.5 Å². The summed E-state index contributed by atoms with van der Waals surface area (Å²) < 4.78 is 0. The van der Waals surface area contributed by atoms with Gasteiger partial charge in [0, 0.05) is 25.6 Å². The molecule has 0 amide bonds. The van der Waals surface area contributed by atoms with Gasteiger partial charge in [0.2, 0.25) is 0 Å². The lowest BCUT2D eigenvalue weighted by Gasteiger charge is -2.35. The Morgan fingerprint density at radius 3 is 2.67 bits per heavy atom. The number of likely N-dealkylation sites (tertiary alicyclic amines) is 1. The maximum absolute atomic E-state index is 11.6. The third-order valence-electron chi connectivity index (χ3n) is 3.45. The van der Waals surface area contributed by atoms with E-state index < -0.39 is 11.9 Å². The standard InChI is InChI=1S/C14H17NO3/c1-10-7-13(16)12(14(17)18)9-15(10)8-11-5-3-2-4-6-11/h2-6,10,12H,7-9H2,1H3,(H,17,18)/t10-,12?/m1/s1. The molecule has 0 spiro atoms. The number of piperidine rings is 1. The minimum atomic E-state index is -1.01. The van der Waals surface area contributed by atoms with Crippen molar-refractivity contribution in [3.63, 3.8) is 0 Å². The zero-order chi connectivity index (χ0) is 13.1. The van der Waals surface area contributed by atoms with Crippen LogP contribution >= 0.6 is 0 Å². The molecule has 1 N–H and O–H groups in total. The van der Waals surface area contributed by atoms with E-state index in [9.17, 15) is 9.59 Å². The summed E-state index contributed by atoms with van der Waals surface area (Å²) in [7, 11) is 0. The Kier molecular flexibility index (Phi) is 3.77. The second-order valence-corrected chi connectivity index (χ2v) is 4.83. The van der Waals surface area contributed by atoms with Gasteiger partial charge < -0.3 is 5.11 Å². The number of aliphatic carboxylic acids is 1. The maximum atomic E-state index is 11.6. The van der Waals surface area contributed by atoms with Crippen LogP contribution < -0.4 is 0 Å². The number of ketones is 1. The number of hydrogen-bond donors (Lipinski definition) is 1. The van der Waals surface area contributed by atoms with Gasteiger partial charge in [-0.05, 0) is 12.5 Å². The molecule has 1 aliphatic rings. The summed E-state index contributed by atoms with van der Waals surface area (Å²) in [5.74, 6) is -2.03. The Bertz CT molecular complexity index is 444. The van der Waals surface area contributed by atoms with Gasteiger partial charge in [0.25, 0.3) is 0 Å².